The van der Waals surface area contributed by atoms with Crippen LogP contribution < -0.4 is 16.7 Å². The first-order valence-electron chi connectivity index (χ1n) is 7.67. The maximum absolute atomic E-state index is 10.9. The van der Waals surface area contributed by atoms with E-state index in [4.69, 9.17) is 23.0 Å². The van der Waals surface area contributed by atoms with E-state index < -0.39 is 6.10 Å². The van der Waals surface area contributed by atoms with Crippen LogP contribution in [-0.2, 0) is 9.63 Å². The van der Waals surface area contributed by atoms with Crippen molar-refractivity contribution < 1.29 is 9.63 Å². The summed E-state index contributed by atoms with van der Waals surface area (Å²) in [6, 6.07) is 14.9. The molecule has 134 valence electrons. The lowest BCUT2D eigenvalue weighted by atomic mass is 10.0. The van der Waals surface area contributed by atoms with Crippen molar-refractivity contribution in [3.8, 4) is 5.69 Å². The number of hydrazine groups is 1. The Morgan fingerprint density at radius 1 is 1.27 bits per heavy atom. The van der Waals surface area contributed by atoms with Crippen molar-refractivity contribution in [2.75, 3.05) is 5.43 Å². The molecule has 1 heterocycles. The lowest BCUT2D eigenvalue weighted by Crippen LogP contribution is -2.26. The molecular formula is C16H17N7O2S. The Kier molecular flexibility index (Phi) is 5.37. The van der Waals surface area contributed by atoms with Gasteiger partial charge in [-0.15, -0.1) is 0 Å². The molecule has 0 aliphatic carbocycles. The highest BCUT2D eigenvalue weighted by atomic mass is 32.1. The Hall–Kier alpha value is -3.08. The van der Waals surface area contributed by atoms with Crippen LogP contribution in [-0.4, -0.2) is 26.1 Å². The van der Waals surface area contributed by atoms with Gasteiger partial charge in [0.2, 0.25) is 10.7 Å². The molecule has 1 amide bonds. The summed E-state index contributed by atoms with van der Waals surface area (Å²) in [5, 5.41) is 10.2. The van der Waals surface area contributed by atoms with Crippen molar-refractivity contribution in [3.05, 3.63) is 64.4 Å². The van der Waals surface area contributed by atoms with Crippen molar-refractivity contribution in [1.29, 1.82) is 0 Å². The molecule has 1 aromatic heterocycles. The van der Waals surface area contributed by atoms with Crippen molar-refractivity contribution >= 4 is 23.8 Å². The van der Waals surface area contributed by atoms with Crippen LogP contribution in [0.25, 0.3) is 5.69 Å². The van der Waals surface area contributed by atoms with Crippen LogP contribution in [0.2, 0.25) is 0 Å². The Bertz CT molecular complexity index is 951. The molecule has 0 saturated carbocycles. The number of carbonyl (C=O) groups excluding carboxylic acids is 1. The highest BCUT2D eigenvalue weighted by Gasteiger charge is 2.15. The largest absolute Gasteiger partial charge is 0.299 e. The third kappa shape index (κ3) is 3.94. The molecule has 3 rings (SSSR count). The number of carbonyl (C=O) groups is 1. The van der Waals surface area contributed by atoms with Gasteiger partial charge in [0.1, 0.15) is 6.10 Å². The number of hydrogen-bond acceptors (Lipinski definition) is 7. The molecule has 0 aliphatic rings. The normalized spacial score (nSPS) is 11.8. The van der Waals surface area contributed by atoms with Crippen LogP contribution in [0.4, 0.5) is 5.69 Å². The van der Waals surface area contributed by atoms with Gasteiger partial charge in [-0.05, 0) is 47.6 Å². The molecular weight excluding hydrogens is 354 g/mol. The molecule has 0 fully saturated rings. The summed E-state index contributed by atoms with van der Waals surface area (Å²) in [6.45, 7) is 1.42. The Balaban J connectivity index is 1.86. The van der Waals surface area contributed by atoms with Gasteiger partial charge in [0.15, 0.2) is 0 Å². The molecule has 26 heavy (non-hydrogen) atoms. The zero-order valence-corrected chi connectivity index (χ0v) is 14.7. The first-order chi connectivity index (χ1) is 12.6. The summed E-state index contributed by atoms with van der Waals surface area (Å²) >= 11 is 5.12. The number of benzene rings is 2. The Labute approximate surface area is 154 Å². The van der Waals surface area contributed by atoms with E-state index in [-0.39, 0.29) is 5.91 Å². The maximum Gasteiger partial charge on any atom is 0.242 e. The van der Waals surface area contributed by atoms with Crippen LogP contribution in [0.3, 0.4) is 0 Å². The molecule has 5 N–H and O–H groups in total. The molecule has 0 spiro atoms. The van der Waals surface area contributed by atoms with Gasteiger partial charge >= 0.3 is 0 Å². The molecule has 0 radical (unpaired) electrons. The Morgan fingerprint density at radius 2 is 2.04 bits per heavy atom. The van der Waals surface area contributed by atoms with Crippen molar-refractivity contribution in [1.82, 2.24) is 25.6 Å². The third-order valence-corrected chi connectivity index (χ3v) is 3.90. The smallest absolute Gasteiger partial charge is 0.242 e. The van der Waals surface area contributed by atoms with Crippen molar-refractivity contribution in [2.45, 2.75) is 13.0 Å². The quantitative estimate of drug-likeness (QED) is 0.385. The topological polar surface area (TPSA) is 123 Å². The van der Waals surface area contributed by atoms with Gasteiger partial charge in [-0.2, -0.15) is 5.21 Å². The van der Waals surface area contributed by atoms with Crippen LogP contribution in [0.5, 0.6) is 0 Å². The molecule has 0 bridgehead atoms. The van der Waals surface area contributed by atoms with E-state index in [1.165, 1.54) is 6.92 Å². The summed E-state index contributed by atoms with van der Waals surface area (Å²) in [5.74, 6) is 5.36. The van der Waals surface area contributed by atoms with E-state index in [0.717, 1.165) is 22.5 Å². The summed E-state index contributed by atoms with van der Waals surface area (Å²) in [6.07, 6.45) is -0.477. The number of anilines is 1. The standard InChI is InChI=1S/C16H17N7O2S/c1-10(24)18-19-13-7-5-11(6-8-13)15(25-17)12-3-2-4-14(9-12)23-16(26)20-21-22-23/h2-9,15,19H,17H2,1H3,(H,18,24)(H,20,22,26). The lowest BCUT2D eigenvalue weighted by molar-refractivity contribution is -0.118. The monoisotopic (exact) mass is 371 g/mol. The van der Waals surface area contributed by atoms with Gasteiger partial charge < -0.3 is 0 Å². The number of aromatic amines is 1. The van der Waals surface area contributed by atoms with Crippen LogP contribution in [0.1, 0.15) is 24.2 Å². The minimum atomic E-state index is -0.477. The van der Waals surface area contributed by atoms with Gasteiger partial charge in [-0.1, -0.05) is 34.6 Å². The lowest BCUT2D eigenvalue weighted by Gasteiger charge is -2.17. The number of nitrogens with two attached hydrogens (primary N) is 1. The summed E-state index contributed by atoms with van der Waals surface area (Å²) < 4.78 is 1.90. The second kappa shape index (κ2) is 7.87. The fraction of sp³-hybridized carbons (Fsp3) is 0.125. The number of amides is 1. The third-order valence-electron chi connectivity index (χ3n) is 3.64. The zero-order valence-electron chi connectivity index (χ0n) is 13.8. The average molecular weight is 371 g/mol. The number of tetrazole rings is 1. The molecule has 2 aromatic carbocycles. The predicted molar refractivity (Wildman–Crippen MR) is 97.5 cm³/mol. The second-order valence-electron chi connectivity index (χ2n) is 5.46. The highest BCUT2D eigenvalue weighted by Crippen LogP contribution is 2.27. The SMILES string of the molecule is CC(=O)NNc1ccc(C(ON)c2cccc(-n3[nH]nnc3=S)c2)cc1. The minimum Gasteiger partial charge on any atom is -0.299 e. The number of rotatable bonds is 6. The van der Waals surface area contributed by atoms with E-state index >= 15 is 0 Å². The van der Waals surface area contributed by atoms with E-state index in [9.17, 15) is 4.79 Å². The fourth-order valence-corrected chi connectivity index (χ4v) is 2.63. The van der Waals surface area contributed by atoms with Gasteiger partial charge in [-0.3, -0.25) is 20.5 Å². The number of nitrogens with zero attached hydrogens (tertiary/aromatic N) is 3. The number of aromatic nitrogens is 4. The molecule has 0 aliphatic heterocycles. The minimum absolute atomic E-state index is 0.180. The molecule has 1 atom stereocenters. The molecule has 0 saturated heterocycles. The first kappa shape index (κ1) is 17.7. The zero-order chi connectivity index (χ0) is 18.5. The number of hydrogen-bond donors (Lipinski definition) is 4. The van der Waals surface area contributed by atoms with Crippen LogP contribution >= 0.6 is 12.2 Å². The average Bonchev–Trinajstić information content (AvgIpc) is 3.08. The van der Waals surface area contributed by atoms with Gasteiger partial charge in [-0.25, -0.2) is 10.6 Å². The number of H-pyrrole nitrogens is 1. The van der Waals surface area contributed by atoms with Crippen LogP contribution in [0, 0.1) is 4.77 Å². The van der Waals surface area contributed by atoms with Crippen molar-refractivity contribution in [2.24, 2.45) is 5.90 Å². The van der Waals surface area contributed by atoms with Gasteiger partial charge in [0.05, 0.1) is 11.4 Å². The van der Waals surface area contributed by atoms with Crippen LogP contribution in [0.15, 0.2) is 48.5 Å². The summed E-state index contributed by atoms with van der Waals surface area (Å²) in [4.78, 5) is 16.1. The molecule has 10 heteroatoms. The van der Waals surface area contributed by atoms with Crippen molar-refractivity contribution in [3.63, 3.8) is 0 Å². The van der Waals surface area contributed by atoms with Gasteiger partial charge in [0.25, 0.3) is 0 Å². The molecule has 9 nitrogen and oxygen atoms in total. The van der Waals surface area contributed by atoms with E-state index in [2.05, 4.69) is 26.4 Å². The molecule has 3 aromatic rings. The fourth-order valence-electron chi connectivity index (χ4n) is 2.44. The second-order valence-corrected chi connectivity index (χ2v) is 5.82. The summed E-state index contributed by atoms with van der Waals surface area (Å²) in [7, 11) is 0. The van der Waals surface area contributed by atoms with Gasteiger partial charge in [0, 0.05) is 6.92 Å². The van der Waals surface area contributed by atoms with E-state index in [0.29, 0.717) is 4.77 Å². The first-order valence-corrected chi connectivity index (χ1v) is 8.08. The van der Waals surface area contributed by atoms with E-state index in [1.54, 1.807) is 4.68 Å². The highest BCUT2D eigenvalue weighted by molar-refractivity contribution is 7.71. The summed E-state index contributed by atoms with van der Waals surface area (Å²) in [5.41, 5.74) is 8.50. The Morgan fingerprint density at radius 3 is 2.65 bits per heavy atom. The predicted octanol–water partition coefficient (Wildman–Crippen LogP) is 1.77. The number of nitrogens with one attached hydrogen (secondary N) is 3. The molecule has 1 unspecified atom stereocenters. The maximum atomic E-state index is 10.9. The van der Waals surface area contributed by atoms with E-state index in [1.807, 2.05) is 48.5 Å².